The first-order valence-corrected chi connectivity index (χ1v) is 11.3. The predicted octanol–water partition coefficient (Wildman–Crippen LogP) is 3.64. The van der Waals surface area contributed by atoms with Gasteiger partial charge < -0.3 is 9.64 Å². The minimum absolute atomic E-state index is 0.00243. The maximum atomic E-state index is 5.29. The van der Waals surface area contributed by atoms with Crippen LogP contribution in [0.3, 0.4) is 0 Å². The molecule has 0 radical (unpaired) electrons. The molecule has 1 aromatic heterocycles. The molecular formula is C26H28N6O. The van der Waals surface area contributed by atoms with Crippen molar-refractivity contribution >= 4 is 5.69 Å². The standard InChI is InChI=1S/C26H28N6O/c1-33-24-14-12-21(13-15-24)20-32-26(27-28-29-32)25(22-8-4-2-5-9-22)31-18-16-30(17-19-31)23-10-6-3-7-11-23/h2-15,25H,16-20H2,1H3/t25-/m0/s1. The Balaban J connectivity index is 1.40. The van der Waals surface area contributed by atoms with Crippen molar-refractivity contribution in [2.24, 2.45) is 0 Å². The number of anilines is 1. The summed E-state index contributed by atoms with van der Waals surface area (Å²) in [5.74, 6) is 1.71. The Kier molecular flexibility index (Phi) is 6.30. The highest BCUT2D eigenvalue weighted by atomic mass is 16.5. The van der Waals surface area contributed by atoms with Gasteiger partial charge in [-0.25, -0.2) is 4.68 Å². The summed E-state index contributed by atoms with van der Waals surface area (Å²) in [6, 6.07) is 29.2. The fourth-order valence-electron chi connectivity index (χ4n) is 4.46. The van der Waals surface area contributed by atoms with E-state index in [1.54, 1.807) is 7.11 Å². The summed E-state index contributed by atoms with van der Waals surface area (Å²) in [5, 5.41) is 12.9. The Hall–Kier alpha value is -3.71. The normalized spacial score (nSPS) is 15.4. The van der Waals surface area contributed by atoms with E-state index in [9.17, 15) is 0 Å². The molecule has 1 aliphatic rings. The molecule has 0 amide bonds. The first kappa shape index (κ1) is 21.2. The molecule has 7 nitrogen and oxygen atoms in total. The molecule has 2 heterocycles. The maximum Gasteiger partial charge on any atom is 0.173 e. The van der Waals surface area contributed by atoms with Gasteiger partial charge in [0.2, 0.25) is 0 Å². The minimum atomic E-state index is -0.00243. The van der Waals surface area contributed by atoms with E-state index in [1.807, 2.05) is 22.9 Å². The second-order valence-corrected chi connectivity index (χ2v) is 8.21. The van der Waals surface area contributed by atoms with Crippen LogP contribution >= 0.6 is 0 Å². The predicted molar refractivity (Wildman–Crippen MR) is 128 cm³/mol. The number of tetrazole rings is 1. The summed E-state index contributed by atoms with van der Waals surface area (Å²) in [6.45, 7) is 4.41. The lowest BCUT2D eigenvalue weighted by molar-refractivity contribution is 0.201. The van der Waals surface area contributed by atoms with E-state index in [0.717, 1.165) is 43.3 Å². The lowest BCUT2D eigenvalue weighted by atomic mass is 10.0. The molecular weight excluding hydrogens is 412 g/mol. The second kappa shape index (κ2) is 9.83. The van der Waals surface area contributed by atoms with Crippen LogP contribution < -0.4 is 9.64 Å². The van der Waals surface area contributed by atoms with Crippen LogP contribution in [0.25, 0.3) is 0 Å². The van der Waals surface area contributed by atoms with E-state index in [1.165, 1.54) is 11.3 Å². The smallest absolute Gasteiger partial charge is 0.173 e. The van der Waals surface area contributed by atoms with Crippen molar-refractivity contribution < 1.29 is 4.74 Å². The van der Waals surface area contributed by atoms with Crippen LogP contribution in [0.2, 0.25) is 0 Å². The van der Waals surface area contributed by atoms with Crippen LogP contribution in [-0.2, 0) is 6.54 Å². The minimum Gasteiger partial charge on any atom is -0.497 e. The third-order valence-corrected chi connectivity index (χ3v) is 6.21. The zero-order chi connectivity index (χ0) is 22.5. The number of benzene rings is 3. The molecule has 0 aliphatic carbocycles. The highest BCUT2D eigenvalue weighted by molar-refractivity contribution is 5.46. The molecule has 1 fully saturated rings. The number of nitrogens with zero attached hydrogens (tertiary/aromatic N) is 6. The van der Waals surface area contributed by atoms with Gasteiger partial charge in [0, 0.05) is 31.9 Å². The second-order valence-electron chi connectivity index (χ2n) is 8.21. The number of aromatic nitrogens is 4. The van der Waals surface area contributed by atoms with Crippen molar-refractivity contribution in [3.05, 3.63) is 102 Å². The average molecular weight is 441 g/mol. The summed E-state index contributed by atoms with van der Waals surface area (Å²) in [6.07, 6.45) is 0. The number of para-hydroxylation sites is 1. The first-order valence-electron chi connectivity index (χ1n) is 11.3. The van der Waals surface area contributed by atoms with Crippen molar-refractivity contribution in [3.63, 3.8) is 0 Å². The summed E-state index contributed by atoms with van der Waals surface area (Å²) in [4.78, 5) is 4.93. The number of ether oxygens (including phenoxy) is 1. The topological polar surface area (TPSA) is 59.3 Å². The van der Waals surface area contributed by atoms with Gasteiger partial charge in [-0.3, -0.25) is 4.90 Å². The Bertz CT molecular complexity index is 1140. The Morgan fingerprint density at radius 1 is 0.818 bits per heavy atom. The zero-order valence-corrected chi connectivity index (χ0v) is 18.8. The van der Waals surface area contributed by atoms with Gasteiger partial charge in [0.15, 0.2) is 5.82 Å². The maximum absolute atomic E-state index is 5.29. The molecule has 33 heavy (non-hydrogen) atoms. The van der Waals surface area contributed by atoms with Crippen molar-refractivity contribution in [3.8, 4) is 5.75 Å². The van der Waals surface area contributed by atoms with E-state index in [4.69, 9.17) is 4.74 Å². The molecule has 0 spiro atoms. The van der Waals surface area contributed by atoms with Crippen LogP contribution in [0, 0.1) is 0 Å². The Morgan fingerprint density at radius 2 is 1.48 bits per heavy atom. The number of hydrogen-bond acceptors (Lipinski definition) is 6. The van der Waals surface area contributed by atoms with Gasteiger partial charge in [0.1, 0.15) is 5.75 Å². The molecule has 0 unspecified atom stereocenters. The zero-order valence-electron chi connectivity index (χ0n) is 18.8. The van der Waals surface area contributed by atoms with Crippen molar-refractivity contribution in [2.75, 3.05) is 38.2 Å². The summed E-state index contributed by atoms with van der Waals surface area (Å²) >= 11 is 0. The summed E-state index contributed by atoms with van der Waals surface area (Å²) in [5.41, 5.74) is 3.61. The highest BCUT2D eigenvalue weighted by Crippen LogP contribution is 2.29. The molecule has 3 aromatic carbocycles. The fourth-order valence-corrected chi connectivity index (χ4v) is 4.46. The fraction of sp³-hybridized carbons (Fsp3) is 0.269. The summed E-state index contributed by atoms with van der Waals surface area (Å²) < 4.78 is 7.21. The summed E-state index contributed by atoms with van der Waals surface area (Å²) in [7, 11) is 1.68. The number of rotatable bonds is 7. The average Bonchev–Trinajstić information content (AvgIpc) is 3.34. The number of piperazine rings is 1. The van der Waals surface area contributed by atoms with E-state index in [0.29, 0.717) is 6.54 Å². The molecule has 168 valence electrons. The van der Waals surface area contributed by atoms with Gasteiger partial charge in [-0.1, -0.05) is 60.7 Å². The van der Waals surface area contributed by atoms with E-state index < -0.39 is 0 Å². The van der Waals surface area contributed by atoms with Crippen molar-refractivity contribution in [1.29, 1.82) is 0 Å². The molecule has 0 bridgehead atoms. The van der Waals surface area contributed by atoms with Gasteiger partial charge in [-0.05, 0) is 45.8 Å². The van der Waals surface area contributed by atoms with Gasteiger partial charge in [-0.2, -0.15) is 0 Å². The SMILES string of the molecule is COc1ccc(Cn2nnnc2[C@H](c2ccccc2)N2CCN(c3ccccc3)CC2)cc1. The van der Waals surface area contributed by atoms with E-state index >= 15 is 0 Å². The van der Waals surface area contributed by atoms with Crippen LogP contribution in [0.5, 0.6) is 5.75 Å². The third kappa shape index (κ3) is 4.73. The third-order valence-electron chi connectivity index (χ3n) is 6.21. The van der Waals surface area contributed by atoms with Crippen molar-refractivity contribution in [1.82, 2.24) is 25.1 Å². The van der Waals surface area contributed by atoms with Crippen molar-refractivity contribution in [2.45, 2.75) is 12.6 Å². The van der Waals surface area contributed by atoms with Gasteiger partial charge in [0.25, 0.3) is 0 Å². The van der Waals surface area contributed by atoms with Gasteiger partial charge >= 0.3 is 0 Å². The van der Waals surface area contributed by atoms with Crippen LogP contribution in [0.15, 0.2) is 84.9 Å². The van der Waals surface area contributed by atoms with E-state index in [-0.39, 0.29) is 6.04 Å². The Morgan fingerprint density at radius 3 is 2.15 bits per heavy atom. The quantitative estimate of drug-likeness (QED) is 0.437. The van der Waals surface area contributed by atoms with Crippen LogP contribution in [-0.4, -0.2) is 58.4 Å². The molecule has 0 N–H and O–H groups in total. The Labute approximate surface area is 194 Å². The molecule has 0 saturated carbocycles. The largest absolute Gasteiger partial charge is 0.497 e. The monoisotopic (exact) mass is 440 g/mol. The highest BCUT2D eigenvalue weighted by Gasteiger charge is 2.30. The first-order chi connectivity index (χ1) is 16.3. The van der Waals surface area contributed by atoms with Gasteiger partial charge in [-0.15, -0.1) is 5.10 Å². The number of hydrogen-bond donors (Lipinski definition) is 0. The lowest BCUT2D eigenvalue weighted by Crippen LogP contribution is -2.48. The van der Waals surface area contributed by atoms with E-state index in [2.05, 4.69) is 92.1 Å². The number of methoxy groups -OCH3 is 1. The molecule has 7 heteroatoms. The molecule has 1 atom stereocenters. The molecule has 5 rings (SSSR count). The lowest BCUT2D eigenvalue weighted by Gasteiger charge is -2.39. The van der Waals surface area contributed by atoms with Crippen LogP contribution in [0.1, 0.15) is 23.0 Å². The molecule has 4 aromatic rings. The van der Waals surface area contributed by atoms with Crippen LogP contribution in [0.4, 0.5) is 5.69 Å². The van der Waals surface area contributed by atoms with Gasteiger partial charge in [0.05, 0.1) is 19.7 Å². The molecule has 1 aliphatic heterocycles. The molecule has 1 saturated heterocycles.